The summed E-state index contributed by atoms with van der Waals surface area (Å²) in [6.45, 7) is 12.6. The zero-order valence-electron chi connectivity index (χ0n) is 20.4. The molecule has 0 heterocycles. The van der Waals surface area contributed by atoms with Crippen LogP contribution in [0.1, 0.15) is 50.0 Å². The van der Waals surface area contributed by atoms with Gasteiger partial charge in [-0.25, -0.2) is 0 Å². The lowest BCUT2D eigenvalue weighted by Gasteiger charge is -2.36. The van der Waals surface area contributed by atoms with Gasteiger partial charge in [-0.1, -0.05) is 83.9 Å². The maximum absolute atomic E-state index is 18.8. The molecule has 166 valence electrons. The quantitative estimate of drug-likeness (QED) is 0.235. The van der Waals surface area contributed by atoms with E-state index in [9.17, 15) is 0 Å². The van der Waals surface area contributed by atoms with Crippen molar-refractivity contribution in [2.45, 2.75) is 47.1 Å². The lowest BCUT2D eigenvalue weighted by Crippen LogP contribution is -2.62. The van der Waals surface area contributed by atoms with Gasteiger partial charge in [0, 0.05) is 5.54 Å². The molecule has 0 nitrogen and oxygen atoms in total. The molecule has 1 aliphatic rings. The van der Waals surface area contributed by atoms with E-state index >= 15 is 4.11 Å². The average Bonchev–Trinajstić information content (AvgIpc) is 3.07. The summed E-state index contributed by atoms with van der Waals surface area (Å²) in [7, 11) is -3.80. The van der Waals surface area contributed by atoms with Gasteiger partial charge in [-0.15, -0.1) is 0 Å². The van der Waals surface area contributed by atoms with Crippen LogP contribution in [0, 0.1) is 41.5 Å². The van der Waals surface area contributed by atoms with Gasteiger partial charge < -0.3 is 4.11 Å². The molecule has 33 heavy (non-hydrogen) atoms. The molecule has 0 amide bonds. The Morgan fingerprint density at radius 2 is 0.879 bits per heavy atom. The predicted molar refractivity (Wildman–Crippen MR) is 141 cm³/mol. The SMILES string of the molecule is Cc1cc(C)c([Si](F)(c2c(C)cc(C)cc2C)C2c3ccccc3-c3ccccc32)c(C)c1. The number of rotatable bonds is 3. The molecule has 0 fully saturated rings. The highest BCUT2D eigenvalue weighted by molar-refractivity contribution is 6.99. The molecule has 2 heteroatoms. The molecule has 1 aliphatic carbocycles. The summed E-state index contributed by atoms with van der Waals surface area (Å²) in [4.78, 5) is 0. The fraction of sp³-hybridized carbons (Fsp3) is 0.226. The zero-order valence-corrected chi connectivity index (χ0v) is 21.4. The first-order chi connectivity index (χ1) is 15.7. The van der Waals surface area contributed by atoms with Crippen molar-refractivity contribution in [3.8, 4) is 11.1 Å². The van der Waals surface area contributed by atoms with Crippen LogP contribution in [0.3, 0.4) is 0 Å². The number of aryl methyl sites for hydroxylation is 6. The van der Waals surface area contributed by atoms with Crippen LogP contribution < -0.4 is 10.4 Å². The maximum Gasteiger partial charge on any atom is 0.321 e. The molecule has 5 rings (SSSR count). The summed E-state index contributed by atoms with van der Waals surface area (Å²) in [6.07, 6.45) is 0. The van der Waals surface area contributed by atoms with E-state index in [0.29, 0.717) is 0 Å². The van der Waals surface area contributed by atoms with Gasteiger partial charge in [-0.2, -0.15) is 0 Å². The normalized spacial score (nSPS) is 13.2. The Balaban J connectivity index is 1.94. The van der Waals surface area contributed by atoms with E-state index in [4.69, 9.17) is 0 Å². The fourth-order valence-electron chi connectivity index (χ4n) is 6.51. The summed E-state index contributed by atoms with van der Waals surface area (Å²) in [5.74, 6) is 0. The van der Waals surface area contributed by atoms with Crippen LogP contribution in [-0.2, 0) is 0 Å². The standard InChI is InChI=1S/C31H31FSi/c1-19-15-21(3)29(22(4)16-19)33(32,30-23(5)17-20(2)18-24(30)6)31-27-13-9-7-11-25(27)26-12-8-10-14-28(26)31/h7-18,31H,1-6H3. The van der Waals surface area contributed by atoms with Gasteiger partial charge in [0.15, 0.2) is 0 Å². The predicted octanol–water partition coefficient (Wildman–Crippen LogP) is 6.92. The largest absolute Gasteiger partial charge is 0.321 e. The minimum atomic E-state index is -3.80. The second-order valence-corrected chi connectivity index (χ2v) is 12.9. The van der Waals surface area contributed by atoms with Gasteiger partial charge >= 0.3 is 8.41 Å². The van der Waals surface area contributed by atoms with Crippen LogP contribution in [0.5, 0.6) is 0 Å². The first-order valence-electron chi connectivity index (χ1n) is 11.8. The van der Waals surface area contributed by atoms with Crippen LogP contribution in [-0.4, -0.2) is 8.41 Å². The number of hydrogen-bond acceptors (Lipinski definition) is 0. The van der Waals surface area contributed by atoms with Gasteiger partial charge in [0.2, 0.25) is 0 Å². The molecule has 0 atom stereocenters. The summed E-state index contributed by atoms with van der Waals surface area (Å²) < 4.78 is 18.8. The Hall–Kier alpha value is -2.97. The Morgan fingerprint density at radius 1 is 0.545 bits per heavy atom. The molecule has 0 unspecified atom stereocenters. The lowest BCUT2D eigenvalue weighted by atomic mass is 10.1. The Bertz CT molecular complexity index is 1250. The van der Waals surface area contributed by atoms with Gasteiger partial charge in [0.1, 0.15) is 0 Å². The summed E-state index contributed by atoms with van der Waals surface area (Å²) in [5, 5.41) is 1.89. The van der Waals surface area contributed by atoms with Crippen LogP contribution in [0.25, 0.3) is 11.1 Å². The molecule has 0 saturated heterocycles. The fourth-order valence-corrected chi connectivity index (χ4v) is 11.3. The highest BCUT2D eigenvalue weighted by Gasteiger charge is 2.54. The third-order valence-corrected chi connectivity index (χ3v) is 11.8. The van der Waals surface area contributed by atoms with Crippen molar-refractivity contribution in [1.29, 1.82) is 0 Å². The summed E-state index contributed by atoms with van der Waals surface area (Å²) in [6, 6.07) is 25.5. The van der Waals surface area contributed by atoms with Crippen molar-refractivity contribution in [1.82, 2.24) is 0 Å². The highest BCUT2D eigenvalue weighted by Crippen LogP contribution is 2.49. The monoisotopic (exact) mass is 450 g/mol. The first kappa shape index (κ1) is 21.9. The second-order valence-electron chi connectivity index (χ2n) is 9.87. The average molecular weight is 451 g/mol. The van der Waals surface area contributed by atoms with E-state index in [2.05, 4.69) is 114 Å². The molecular formula is C31H31FSi. The lowest BCUT2D eigenvalue weighted by molar-refractivity contribution is 0.784. The Morgan fingerprint density at radius 3 is 1.24 bits per heavy atom. The van der Waals surface area contributed by atoms with Crippen LogP contribution >= 0.6 is 0 Å². The minimum Gasteiger partial charge on any atom is -0.301 e. The van der Waals surface area contributed by atoms with Crippen molar-refractivity contribution in [2.75, 3.05) is 0 Å². The van der Waals surface area contributed by atoms with Crippen molar-refractivity contribution in [3.05, 3.63) is 117 Å². The molecule has 0 aliphatic heterocycles. The number of benzene rings is 4. The Labute approximate surface area is 198 Å². The molecule has 0 bridgehead atoms. The smallest absolute Gasteiger partial charge is 0.301 e. The van der Waals surface area contributed by atoms with Crippen molar-refractivity contribution in [3.63, 3.8) is 0 Å². The second kappa shape index (κ2) is 7.81. The van der Waals surface area contributed by atoms with Gasteiger partial charge in [0.25, 0.3) is 0 Å². The first-order valence-corrected chi connectivity index (χ1v) is 13.7. The van der Waals surface area contributed by atoms with E-state index in [1.807, 2.05) is 0 Å². The molecule has 0 N–H and O–H groups in total. The minimum absolute atomic E-state index is 0.273. The molecular weight excluding hydrogens is 419 g/mol. The van der Waals surface area contributed by atoms with Crippen LogP contribution in [0.15, 0.2) is 72.8 Å². The summed E-state index contributed by atoms with van der Waals surface area (Å²) >= 11 is 0. The van der Waals surface area contributed by atoms with Gasteiger partial charge in [0.05, 0.1) is 0 Å². The molecule has 4 aromatic carbocycles. The molecule has 0 radical (unpaired) electrons. The van der Waals surface area contributed by atoms with Crippen molar-refractivity contribution >= 4 is 18.8 Å². The molecule has 0 aromatic heterocycles. The zero-order chi connectivity index (χ0) is 23.5. The summed E-state index contributed by atoms with van der Waals surface area (Å²) in [5.41, 5.74) is 11.0. The van der Waals surface area contributed by atoms with Crippen molar-refractivity contribution < 1.29 is 4.11 Å². The number of fused-ring (bicyclic) bond motifs is 3. The molecule has 4 aromatic rings. The molecule has 0 saturated carbocycles. The Kier molecular flexibility index (Phi) is 5.17. The molecule has 0 spiro atoms. The van der Waals surface area contributed by atoms with Crippen LogP contribution in [0.2, 0.25) is 0 Å². The number of halogens is 1. The topological polar surface area (TPSA) is 0 Å². The van der Waals surface area contributed by atoms with E-state index in [-0.39, 0.29) is 5.54 Å². The van der Waals surface area contributed by atoms with Crippen LogP contribution in [0.4, 0.5) is 4.11 Å². The third kappa shape index (κ3) is 3.23. The third-order valence-electron chi connectivity index (χ3n) is 7.31. The van der Waals surface area contributed by atoms with E-state index in [1.165, 1.54) is 22.3 Å². The van der Waals surface area contributed by atoms with E-state index in [1.54, 1.807) is 0 Å². The number of hydrogen-bond donors (Lipinski definition) is 0. The van der Waals surface area contributed by atoms with E-state index < -0.39 is 8.41 Å². The van der Waals surface area contributed by atoms with Gasteiger partial charge in [-0.05, 0) is 96.4 Å². The van der Waals surface area contributed by atoms with Gasteiger partial charge in [-0.3, -0.25) is 0 Å². The van der Waals surface area contributed by atoms with Crippen molar-refractivity contribution in [2.24, 2.45) is 0 Å². The maximum atomic E-state index is 18.8. The van der Waals surface area contributed by atoms with E-state index in [0.717, 1.165) is 43.8 Å². The highest BCUT2D eigenvalue weighted by atomic mass is 28.4.